The van der Waals surface area contributed by atoms with Crippen molar-refractivity contribution in [2.45, 2.75) is 20.0 Å². The number of fused-ring (bicyclic) bond motifs is 1. The molecule has 2 aromatic heterocycles. The van der Waals surface area contributed by atoms with Gasteiger partial charge in [-0.2, -0.15) is 5.10 Å². The average molecular weight is 290 g/mol. The maximum Gasteiger partial charge on any atom is 0.259 e. The number of hydrogen-bond acceptors (Lipinski definition) is 5. The van der Waals surface area contributed by atoms with Gasteiger partial charge < -0.3 is 14.7 Å². The Balaban J connectivity index is 1.95. The Morgan fingerprint density at radius 3 is 3.10 bits per heavy atom. The molecule has 0 aromatic carbocycles. The van der Waals surface area contributed by atoms with E-state index < -0.39 is 0 Å². The summed E-state index contributed by atoms with van der Waals surface area (Å²) in [4.78, 5) is 18.8. The summed E-state index contributed by atoms with van der Waals surface area (Å²) in [5, 5.41) is 13.4. The van der Waals surface area contributed by atoms with Gasteiger partial charge in [-0.3, -0.25) is 4.79 Å². The number of carbonyl (C=O) groups excluding carboxylic acids is 1. The fourth-order valence-electron chi connectivity index (χ4n) is 2.61. The lowest BCUT2D eigenvalue weighted by Gasteiger charge is -2.31. The zero-order valence-corrected chi connectivity index (χ0v) is 12.1. The Bertz CT molecular complexity index is 682. The highest BCUT2D eigenvalue weighted by atomic mass is 16.5. The normalized spacial score (nSPS) is 19.2. The number of nitrogens with zero attached hydrogens (tertiary/aromatic N) is 4. The molecule has 1 amide bonds. The van der Waals surface area contributed by atoms with Gasteiger partial charge in [-0.25, -0.2) is 9.50 Å². The third-order valence-corrected chi connectivity index (χ3v) is 3.64. The monoisotopic (exact) mass is 290 g/mol. The molecule has 21 heavy (non-hydrogen) atoms. The molecule has 1 atom stereocenters. The minimum atomic E-state index is -0.319. The molecule has 3 rings (SSSR count). The van der Waals surface area contributed by atoms with Crippen molar-refractivity contribution in [1.29, 1.82) is 0 Å². The topological polar surface area (TPSA) is 80.0 Å². The van der Waals surface area contributed by atoms with Crippen molar-refractivity contribution in [2.24, 2.45) is 0 Å². The summed E-state index contributed by atoms with van der Waals surface area (Å²) in [6, 6.07) is 1.92. The lowest BCUT2D eigenvalue weighted by molar-refractivity contribution is -0.0446. The van der Waals surface area contributed by atoms with Crippen LogP contribution in [0.1, 0.15) is 21.7 Å². The van der Waals surface area contributed by atoms with E-state index in [1.807, 2.05) is 19.9 Å². The zero-order chi connectivity index (χ0) is 15.0. The average Bonchev–Trinajstić information content (AvgIpc) is 2.90. The van der Waals surface area contributed by atoms with Crippen LogP contribution in [0.2, 0.25) is 0 Å². The Kier molecular flexibility index (Phi) is 3.60. The number of aromatic nitrogens is 3. The number of carbonyl (C=O) groups is 1. The molecule has 1 aliphatic heterocycles. The van der Waals surface area contributed by atoms with E-state index >= 15 is 0 Å². The SMILES string of the molecule is Cc1cc(C)n2ncc(C(=O)N3CCOC(CO)C3)c2n1. The first-order valence-electron chi connectivity index (χ1n) is 6.94. The van der Waals surface area contributed by atoms with Crippen LogP contribution in [-0.2, 0) is 4.74 Å². The molecule has 112 valence electrons. The lowest BCUT2D eigenvalue weighted by Crippen LogP contribution is -2.46. The fraction of sp³-hybridized carbons (Fsp3) is 0.500. The Hall–Kier alpha value is -1.99. The highest BCUT2D eigenvalue weighted by molar-refractivity contribution is 5.99. The second kappa shape index (κ2) is 5.42. The number of aliphatic hydroxyl groups excluding tert-OH is 1. The van der Waals surface area contributed by atoms with E-state index in [-0.39, 0.29) is 18.6 Å². The number of morpholine rings is 1. The number of aryl methyl sites for hydroxylation is 2. The van der Waals surface area contributed by atoms with Crippen molar-refractivity contribution in [3.8, 4) is 0 Å². The lowest BCUT2D eigenvalue weighted by atomic mass is 10.2. The number of aliphatic hydroxyl groups is 1. The second-order valence-corrected chi connectivity index (χ2v) is 5.26. The first-order valence-corrected chi connectivity index (χ1v) is 6.94. The standard InChI is InChI=1S/C14H18N4O3/c1-9-5-10(2)18-13(16-9)12(6-15-18)14(20)17-3-4-21-11(7-17)8-19/h5-6,11,19H,3-4,7-8H2,1-2H3. The van der Waals surface area contributed by atoms with Crippen molar-refractivity contribution in [3.63, 3.8) is 0 Å². The van der Waals surface area contributed by atoms with Crippen LogP contribution in [0.4, 0.5) is 0 Å². The minimum absolute atomic E-state index is 0.0883. The molecular formula is C14H18N4O3. The second-order valence-electron chi connectivity index (χ2n) is 5.26. The van der Waals surface area contributed by atoms with Gasteiger partial charge in [0.05, 0.1) is 25.5 Å². The molecule has 2 aromatic rings. The fourth-order valence-corrected chi connectivity index (χ4v) is 2.61. The molecule has 1 N–H and O–H groups in total. The summed E-state index contributed by atoms with van der Waals surface area (Å²) in [6.07, 6.45) is 1.24. The van der Waals surface area contributed by atoms with Gasteiger partial charge in [-0.05, 0) is 19.9 Å². The van der Waals surface area contributed by atoms with Gasteiger partial charge in [0.25, 0.3) is 5.91 Å². The van der Waals surface area contributed by atoms with Crippen LogP contribution in [0.25, 0.3) is 5.65 Å². The highest BCUT2D eigenvalue weighted by Gasteiger charge is 2.27. The van der Waals surface area contributed by atoms with Gasteiger partial charge in [-0.15, -0.1) is 0 Å². The first-order chi connectivity index (χ1) is 10.1. The van der Waals surface area contributed by atoms with Crippen molar-refractivity contribution in [1.82, 2.24) is 19.5 Å². The van der Waals surface area contributed by atoms with Crippen LogP contribution >= 0.6 is 0 Å². The van der Waals surface area contributed by atoms with Crippen molar-refractivity contribution >= 4 is 11.6 Å². The molecule has 0 spiro atoms. The van der Waals surface area contributed by atoms with Gasteiger partial charge in [0.2, 0.25) is 0 Å². The molecular weight excluding hydrogens is 272 g/mol. The van der Waals surface area contributed by atoms with Crippen LogP contribution in [0, 0.1) is 13.8 Å². The Morgan fingerprint density at radius 1 is 1.52 bits per heavy atom. The Labute approximate surface area is 122 Å². The van der Waals surface area contributed by atoms with Crippen molar-refractivity contribution in [3.05, 3.63) is 29.2 Å². The van der Waals surface area contributed by atoms with Gasteiger partial charge in [-0.1, -0.05) is 0 Å². The Morgan fingerprint density at radius 2 is 2.33 bits per heavy atom. The molecule has 1 saturated heterocycles. The summed E-state index contributed by atoms with van der Waals surface area (Å²) in [5.41, 5.74) is 2.85. The largest absolute Gasteiger partial charge is 0.394 e. The smallest absolute Gasteiger partial charge is 0.259 e. The van der Waals surface area contributed by atoms with Crippen LogP contribution in [0.3, 0.4) is 0 Å². The summed E-state index contributed by atoms with van der Waals surface area (Å²) in [5.74, 6) is -0.121. The van der Waals surface area contributed by atoms with Gasteiger partial charge in [0.15, 0.2) is 5.65 Å². The molecule has 7 nitrogen and oxygen atoms in total. The number of ether oxygens (including phenoxy) is 1. The van der Waals surface area contributed by atoms with Gasteiger partial charge >= 0.3 is 0 Å². The molecule has 0 radical (unpaired) electrons. The highest BCUT2D eigenvalue weighted by Crippen LogP contribution is 2.16. The van der Waals surface area contributed by atoms with Crippen LogP contribution in [0.15, 0.2) is 12.3 Å². The molecule has 7 heteroatoms. The van der Waals surface area contributed by atoms with E-state index in [1.165, 1.54) is 0 Å². The third kappa shape index (κ3) is 2.50. The molecule has 3 heterocycles. The van der Waals surface area contributed by atoms with Crippen LogP contribution in [-0.4, -0.2) is 62.9 Å². The molecule has 0 saturated carbocycles. The molecule has 1 aliphatic rings. The summed E-state index contributed by atoms with van der Waals surface area (Å²) < 4.78 is 7.04. The van der Waals surface area contributed by atoms with Gasteiger partial charge in [0, 0.05) is 24.5 Å². The summed E-state index contributed by atoms with van der Waals surface area (Å²) in [6.45, 7) is 5.07. The summed E-state index contributed by atoms with van der Waals surface area (Å²) >= 11 is 0. The third-order valence-electron chi connectivity index (χ3n) is 3.64. The molecule has 0 bridgehead atoms. The van der Waals surface area contributed by atoms with Crippen LogP contribution < -0.4 is 0 Å². The predicted molar refractivity (Wildman–Crippen MR) is 75.2 cm³/mol. The van der Waals surface area contributed by atoms with E-state index in [9.17, 15) is 9.90 Å². The summed E-state index contributed by atoms with van der Waals surface area (Å²) in [7, 11) is 0. The van der Waals surface area contributed by atoms with E-state index in [0.717, 1.165) is 11.4 Å². The van der Waals surface area contributed by atoms with Crippen molar-refractivity contribution in [2.75, 3.05) is 26.3 Å². The molecule has 0 aliphatic carbocycles. The van der Waals surface area contributed by atoms with E-state index in [0.29, 0.717) is 30.9 Å². The zero-order valence-electron chi connectivity index (χ0n) is 12.1. The van der Waals surface area contributed by atoms with E-state index in [1.54, 1.807) is 15.6 Å². The van der Waals surface area contributed by atoms with Crippen LogP contribution in [0.5, 0.6) is 0 Å². The van der Waals surface area contributed by atoms with Crippen molar-refractivity contribution < 1.29 is 14.6 Å². The van der Waals surface area contributed by atoms with E-state index in [4.69, 9.17) is 4.74 Å². The predicted octanol–water partition coefficient (Wildman–Crippen LogP) is 0.179. The molecule has 1 unspecified atom stereocenters. The van der Waals surface area contributed by atoms with E-state index in [2.05, 4.69) is 10.1 Å². The number of hydrogen-bond donors (Lipinski definition) is 1. The van der Waals surface area contributed by atoms with Gasteiger partial charge in [0.1, 0.15) is 5.56 Å². The first kappa shape index (κ1) is 14.0. The maximum atomic E-state index is 12.7. The quantitative estimate of drug-likeness (QED) is 0.853. The minimum Gasteiger partial charge on any atom is -0.394 e. The number of amides is 1. The molecule has 1 fully saturated rings. The maximum absolute atomic E-state index is 12.7. The number of rotatable bonds is 2.